The number of nitriles is 1. The number of anilines is 1. The van der Waals surface area contributed by atoms with Crippen LogP contribution in [0.15, 0.2) is 18.3 Å². The number of ether oxygens (including phenoxy) is 1. The van der Waals surface area contributed by atoms with E-state index in [0.29, 0.717) is 6.42 Å². The number of amides is 4. The Balaban J connectivity index is 1.57. The number of carbonyl (C=O) groups excluding carboxylic acids is 4. The van der Waals surface area contributed by atoms with E-state index < -0.39 is 53.5 Å². The maximum absolute atomic E-state index is 14.0. The summed E-state index contributed by atoms with van der Waals surface area (Å²) in [5, 5.41) is 14.3. The van der Waals surface area contributed by atoms with Crippen LogP contribution in [0.1, 0.15) is 44.9 Å². The molecule has 3 aliphatic rings. The van der Waals surface area contributed by atoms with Gasteiger partial charge in [0.2, 0.25) is 17.4 Å². The van der Waals surface area contributed by atoms with E-state index >= 15 is 0 Å². The molecule has 4 N–H and O–H groups in total. The second-order valence-electron chi connectivity index (χ2n) is 10.7. The van der Waals surface area contributed by atoms with Crippen molar-refractivity contribution in [2.45, 2.75) is 74.8 Å². The van der Waals surface area contributed by atoms with E-state index in [-0.39, 0.29) is 56.3 Å². The summed E-state index contributed by atoms with van der Waals surface area (Å²) in [6, 6.07) is 1.49. The predicted octanol–water partition coefficient (Wildman–Crippen LogP) is 1.08. The molecule has 0 bridgehead atoms. The Hall–Kier alpha value is -3.93. The van der Waals surface area contributed by atoms with Crippen LogP contribution in [-0.4, -0.2) is 88.5 Å². The molecule has 2 fully saturated rings. The number of hydrogen-bond donors (Lipinski definition) is 3. The number of hydrogen-bond acceptors (Lipinski definition) is 8. The van der Waals surface area contributed by atoms with Crippen LogP contribution in [0.2, 0.25) is 0 Å². The maximum Gasteiger partial charge on any atom is 0.471 e. The number of nitrogens with zero attached hydrogens (tertiary/aromatic N) is 4. The van der Waals surface area contributed by atoms with E-state index in [1.165, 1.54) is 18.1 Å². The summed E-state index contributed by atoms with van der Waals surface area (Å²) in [7, 11) is 1.29. The molecule has 4 unspecified atom stereocenters. The lowest BCUT2D eigenvalue weighted by atomic mass is 9.97. The first-order chi connectivity index (χ1) is 19.4. The number of aromatic nitrogens is 1. The second-order valence-corrected chi connectivity index (χ2v) is 10.7. The van der Waals surface area contributed by atoms with Crippen LogP contribution in [0, 0.1) is 17.2 Å². The zero-order valence-corrected chi connectivity index (χ0v) is 22.4. The number of alkyl halides is 3. The Labute approximate surface area is 234 Å². The molecule has 4 atom stereocenters. The molecule has 4 rings (SSSR count). The summed E-state index contributed by atoms with van der Waals surface area (Å²) in [6.07, 6.45) is -1.46. The first-order valence-corrected chi connectivity index (χ1v) is 13.4. The fourth-order valence-electron chi connectivity index (χ4n) is 5.18. The van der Waals surface area contributed by atoms with Crippen molar-refractivity contribution >= 4 is 29.4 Å². The maximum atomic E-state index is 14.0. The zero-order chi connectivity index (χ0) is 29.9. The number of rotatable bonds is 10. The largest absolute Gasteiger partial charge is 0.472 e. The topological polar surface area (TPSA) is 171 Å². The normalized spacial score (nSPS) is 23.1. The SMILES string of the molecule is CN(C(=O)C(CCCCN)NC(=O)C(F)(F)F)C(CC1CC1)C(=O)N1CC2(CC1C#N)Oc1cccnc1NC2=O. The minimum absolute atomic E-state index is 0.101. The van der Waals surface area contributed by atoms with Crippen molar-refractivity contribution in [3.05, 3.63) is 18.3 Å². The number of nitrogens with one attached hydrogen (secondary N) is 2. The van der Waals surface area contributed by atoms with Gasteiger partial charge in [-0.2, -0.15) is 18.4 Å². The van der Waals surface area contributed by atoms with Gasteiger partial charge in [-0.15, -0.1) is 0 Å². The number of unbranched alkanes of at least 4 members (excludes halogenated alkanes) is 1. The Morgan fingerprint density at radius 2 is 2.10 bits per heavy atom. The highest BCUT2D eigenvalue weighted by atomic mass is 19.4. The van der Waals surface area contributed by atoms with E-state index in [1.54, 1.807) is 17.4 Å². The minimum atomic E-state index is -5.20. The molecular weight excluding hydrogens is 547 g/mol. The third kappa shape index (κ3) is 6.53. The average Bonchev–Trinajstić information content (AvgIpc) is 3.68. The van der Waals surface area contributed by atoms with Gasteiger partial charge in [-0.05, 0) is 50.3 Å². The minimum Gasteiger partial charge on any atom is -0.472 e. The number of pyridine rings is 1. The molecule has 2 aliphatic heterocycles. The van der Waals surface area contributed by atoms with Crippen LogP contribution in [0.5, 0.6) is 5.75 Å². The Bertz CT molecular complexity index is 1230. The van der Waals surface area contributed by atoms with Gasteiger partial charge in [0.25, 0.3) is 5.91 Å². The van der Waals surface area contributed by atoms with Crippen LogP contribution in [0.3, 0.4) is 0 Å². The molecule has 41 heavy (non-hydrogen) atoms. The van der Waals surface area contributed by atoms with Crippen molar-refractivity contribution < 1.29 is 37.1 Å². The molecule has 4 amide bonds. The highest BCUT2D eigenvalue weighted by Gasteiger charge is 2.56. The number of likely N-dealkylation sites (N-methyl/N-ethyl adjacent to an activating group) is 1. The lowest BCUT2D eigenvalue weighted by Gasteiger charge is -2.35. The first kappa shape index (κ1) is 30.0. The van der Waals surface area contributed by atoms with Crippen molar-refractivity contribution in [1.29, 1.82) is 5.26 Å². The summed E-state index contributed by atoms with van der Waals surface area (Å²) >= 11 is 0. The lowest BCUT2D eigenvalue weighted by molar-refractivity contribution is -0.175. The Kier molecular flexibility index (Phi) is 8.71. The third-order valence-electron chi connectivity index (χ3n) is 7.64. The fourth-order valence-corrected chi connectivity index (χ4v) is 5.18. The smallest absolute Gasteiger partial charge is 0.471 e. The van der Waals surface area contributed by atoms with Crippen LogP contribution in [0.4, 0.5) is 19.0 Å². The van der Waals surface area contributed by atoms with E-state index in [4.69, 9.17) is 10.5 Å². The molecule has 1 spiro atoms. The van der Waals surface area contributed by atoms with E-state index in [2.05, 4.69) is 10.3 Å². The van der Waals surface area contributed by atoms with Crippen LogP contribution >= 0.6 is 0 Å². The number of carbonyl (C=O) groups is 4. The monoisotopic (exact) mass is 579 g/mol. The zero-order valence-electron chi connectivity index (χ0n) is 22.4. The van der Waals surface area contributed by atoms with Crippen LogP contribution in [-0.2, 0) is 19.2 Å². The van der Waals surface area contributed by atoms with Gasteiger partial charge in [0.1, 0.15) is 18.1 Å². The number of likely N-dealkylation sites (tertiary alicyclic amines) is 1. The molecule has 1 aromatic rings. The van der Waals surface area contributed by atoms with E-state index in [9.17, 15) is 37.6 Å². The second kappa shape index (κ2) is 11.9. The van der Waals surface area contributed by atoms with E-state index in [1.807, 2.05) is 6.07 Å². The predicted molar refractivity (Wildman–Crippen MR) is 137 cm³/mol. The van der Waals surface area contributed by atoms with Crippen molar-refractivity contribution in [2.75, 3.05) is 25.5 Å². The number of nitrogens with two attached hydrogens (primary N) is 1. The van der Waals surface area contributed by atoms with Gasteiger partial charge in [0, 0.05) is 19.7 Å². The molecule has 0 aromatic carbocycles. The highest BCUT2D eigenvalue weighted by Crippen LogP contribution is 2.40. The van der Waals surface area contributed by atoms with Gasteiger partial charge in [0.05, 0.1) is 12.6 Å². The summed E-state index contributed by atoms with van der Waals surface area (Å²) in [4.78, 5) is 58.5. The molecule has 222 valence electrons. The molecule has 1 aromatic heterocycles. The first-order valence-electron chi connectivity index (χ1n) is 13.4. The van der Waals surface area contributed by atoms with Gasteiger partial charge >= 0.3 is 12.1 Å². The lowest BCUT2D eigenvalue weighted by Crippen LogP contribution is -2.58. The molecule has 0 radical (unpaired) electrons. The molecule has 15 heteroatoms. The van der Waals surface area contributed by atoms with Gasteiger partial charge in [-0.3, -0.25) is 19.2 Å². The van der Waals surface area contributed by atoms with Gasteiger partial charge in [-0.25, -0.2) is 4.98 Å². The quantitative estimate of drug-likeness (QED) is 0.346. The highest BCUT2D eigenvalue weighted by molar-refractivity contribution is 6.01. The summed E-state index contributed by atoms with van der Waals surface area (Å²) in [5.74, 6) is -3.75. The van der Waals surface area contributed by atoms with Gasteiger partial charge in [0.15, 0.2) is 11.6 Å². The molecular formula is C26H32F3N7O5. The fraction of sp³-hybridized carbons (Fsp3) is 0.615. The number of halogens is 3. The average molecular weight is 580 g/mol. The number of fused-ring (bicyclic) bond motifs is 1. The summed E-state index contributed by atoms with van der Waals surface area (Å²) < 4.78 is 45.0. The Morgan fingerprint density at radius 3 is 2.73 bits per heavy atom. The summed E-state index contributed by atoms with van der Waals surface area (Å²) in [6.45, 7) is -0.0344. The molecule has 1 saturated heterocycles. The summed E-state index contributed by atoms with van der Waals surface area (Å²) in [5.41, 5.74) is 3.92. The molecule has 3 heterocycles. The van der Waals surface area contributed by atoms with Crippen molar-refractivity contribution in [2.24, 2.45) is 11.7 Å². The molecule has 1 aliphatic carbocycles. The molecule has 12 nitrogen and oxygen atoms in total. The van der Waals surface area contributed by atoms with Crippen molar-refractivity contribution in [3.8, 4) is 11.8 Å². The van der Waals surface area contributed by atoms with Crippen molar-refractivity contribution in [3.63, 3.8) is 0 Å². The van der Waals surface area contributed by atoms with E-state index in [0.717, 1.165) is 17.7 Å². The van der Waals surface area contributed by atoms with Crippen LogP contribution < -0.4 is 21.1 Å². The Morgan fingerprint density at radius 1 is 1.37 bits per heavy atom. The van der Waals surface area contributed by atoms with Crippen molar-refractivity contribution in [1.82, 2.24) is 20.1 Å². The van der Waals surface area contributed by atoms with Crippen LogP contribution in [0.25, 0.3) is 0 Å². The third-order valence-corrected chi connectivity index (χ3v) is 7.64. The van der Waals surface area contributed by atoms with Gasteiger partial charge < -0.3 is 30.9 Å². The molecule has 1 saturated carbocycles. The standard InChI is InChI=1S/C26H32F3N7O5/c1-35(21(37)17(5-2-3-9-30)33-24(40)26(27,28)29)18(11-15-7-8-15)22(38)36-14-25(12-16(36)13-31)23(39)34-20-19(41-25)6-4-10-32-20/h4,6,10,15-18H,2-3,5,7-9,11-12,14,30H2,1H3,(H,33,40)(H,32,34,39). The van der Waals surface area contributed by atoms with Gasteiger partial charge in [-0.1, -0.05) is 12.8 Å².